The summed E-state index contributed by atoms with van der Waals surface area (Å²) in [5, 5.41) is 23.0. The lowest BCUT2D eigenvalue weighted by molar-refractivity contribution is -0.384. The van der Waals surface area contributed by atoms with Crippen LogP contribution in [0.4, 0.5) is 11.5 Å². The van der Waals surface area contributed by atoms with E-state index in [-0.39, 0.29) is 17.3 Å². The van der Waals surface area contributed by atoms with Crippen molar-refractivity contribution in [3.63, 3.8) is 0 Å². The average Bonchev–Trinajstić information content (AvgIpc) is 3.22. The summed E-state index contributed by atoms with van der Waals surface area (Å²) < 4.78 is 1.78. The van der Waals surface area contributed by atoms with E-state index in [1.807, 2.05) is 49.4 Å². The molecule has 4 rings (SSSR count). The molecule has 0 aliphatic heterocycles. The largest absolute Gasteiger partial charge is 0.310 e. The van der Waals surface area contributed by atoms with Gasteiger partial charge in [-0.2, -0.15) is 0 Å². The normalized spacial score (nSPS) is 10.7. The van der Waals surface area contributed by atoms with Gasteiger partial charge in [0.05, 0.1) is 10.7 Å². The molecule has 1 N–H and O–H groups in total. The summed E-state index contributed by atoms with van der Waals surface area (Å²) in [6.45, 7) is 1.85. The molecule has 0 spiro atoms. The summed E-state index contributed by atoms with van der Waals surface area (Å²) in [6, 6.07) is 21.0. The maximum absolute atomic E-state index is 12.4. The zero-order valence-corrected chi connectivity index (χ0v) is 17.8. The Hall–Kier alpha value is -4.05. The summed E-state index contributed by atoms with van der Waals surface area (Å²) in [7, 11) is 0. The van der Waals surface area contributed by atoms with Gasteiger partial charge in [0.25, 0.3) is 5.69 Å². The van der Waals surface area contributed by atoms with Crippen molar-refractivity contribution < 1.29 is 9.72 Å². The molecule has 0 radical (unpaired) electrons. The van der Waals surface area contributed by atoms with E-state index < -0.39 is 4.92 Å². The maximum Gasteiger partial charge on any atom is 0.270 e. The molecule has 10 heteroatoms. The smallest absolute Gasteiger partial charge is 0.270 e. The Morgan fingerprint density at radius 3 is 2.59 bits per heavy atom. The Labute approximate surface area is 187 Å². The second-order valence-electron chi connectivity index (χ2n) is 6.79. The number of nitro groups is 1. The van der Waals surface area contributed by atoms with Crippen molar-refractivity contribution in [2.45, 2.75) is 12.1 Å². The van der Waals surface area contributed by atoms with Crippen LogP contribution in [0.5, 0.6) is 0 Å². The Balaban J connectivity index is 1.62. The zero-order chi connectivity index (χ0) is 22.5. The number of amides is 1. The Morgan fingerprint density at radius 1 is 1.06 bits per heavy atom. The fraction of sp³-hybridized carbons (Fsp3) is 0.0909. The van der Waals surface area contributed by atoms with Crippen LogP contribution in [0, 0.1) is 17.0 Å². The molecule has 4 aromatic rings. The number of aryl methyl sites for hydroxylation is 1. The lowest BCUT2D eigenvalue weighted by atomic mass is 10.2. The van der Waals surface area contributed by atoms with Gasteiger partial charge in [-0.3, -0.25) is 19.5 Å². The number of pyridine rings is 1. The van der Waals surface area contributed by atoms with E-state index in [0.717, 1.165) is 11.4 Å². The molecule has 0 aliphatic rings. The van der Waals surface area contributed by atoms with Crippen LogP contribution in [-0.2, 0) is 4.79 Å². The van der Waals surface area contributed by atoms with Gasteiger partial charge >= 0.3 is 0 Å². The number of thioether (sulfide) groups is 1. The summed E-state index contributed by atoms with van der Waals surface area (Å²) >= 11 is 1.22. The molecule has 2 aromatic carbocycles. The van der Waals surface area contributed by atoms with Gasteiger partial charge in [0, 0.05) is 29.1 Å². The highest BCUT2D eigenvalue weighted by Crippen LogP contribution is 2.29. The highest BCUT2D eigenvalue weighted by Gasteiger charge is 2.19. The highest BCUT2D eigenvalue weighted by molar-refractivity contribution is 7.99. The first kappa shape index (κ1) is 21.2. The minimum absolute atomic E-state index is 0.0376. The fourth-order valence-electron chi connectivity index (χ4n) is 3.04. The number of hydrogen-bond donors (Lipinski definition) is 1. The summed E-state index contributed by atoms with van der Waals surface area (Å²) in [5.41, 5.74) is 2.10. The van der Waals surface area contributed by atoms with Crippen LogP contribution in [0.3, 0.4) is 0 Å². The lowest BCUT2D eigenvalue weighted by Crippen LogP contribution is -2.15. The molecule has 9 nitrogen and oxygen atoms in total. The van der Waals surface area contributed by atoms with E-state index in [2.05, 4.69) is 20.5 Å². The van der Waals surface area contributed by atoms with E-state index >= 15 is 0 Å². The van der Waals surface area contributed by atoms with Crippen LogP contribution < -0.4 is 5.32 Å². The Bertz CT molecular complexity index is 1280. The maximum atomic E-state index is 12.4. The van der Waals surface area contributed by atoms with Crippen molar-refractivity contribution in [2.75, 3.05) is 11.1 Å². The second-order valence-corrected chi connectivity index (χ2v) is 7.73. The van der Waals surface area contributed by atoms with E-state index in [4.69, 9.17) is 0 Å². The van der Waals surface area contributed by atoms with Crippen molar-refractivity contribution >= 4 is 29.2 Å². The third-order valence-electron chi connectivity index (χ3n) is 4.45. The summed E-state index contributed by atoms with van der Waals surface area (Å²) in [6.07, 6.45) is 0. The standard InChI is InChI=1S/C22H18N6O3S/c1-15-7-5-12-19(23-15)24-20(29)14-32-22-26-25-21(27(22)17-9-3-2-4-10-17)16-8-6-11-18(13-16)28(30)31/h2-13H,14H2,1H3,(H,23,24,29). The molecular formula is C22H18N6O3S. The molecule has 0 bridgehead atoms. The third-order valence-corrected chi connectivity index (χ3v) is 5.38. The number of carbonyl (C=O) groups is 1. The average molecular weight is 446 g/mol. The number of non-ortho nitro benzene ring substituents is 1. The molecule has 0 aliphatic carbocycles. The monoisotopic (exact) mass is 446 g/mol. The van der Waals surface area contributed by atoms with E-state index in [1.165, 1.54) is 23.9 Å². The van der Waals surface area contributed by atoms with Gasteiger partial charge in [-0.25, -0.2) is 4.98 Å². The van der Waals surface area contributed by atoms with Gasteiger partial charge in [0.15, 0.2) is 11.0 Å². The molecule has 32 heavy (non-hydrogen) atoms. The number of hydrogen-bond acceptors (Lipinski definition) is 7. The van der Waals surface area contributed by atoms with Gasteiger partial charge in [0.2, 0.25) is 5.91 Å². The van der Waals surface area contributed by atoms with Crippen molar-refractivity contribution in [1.29, 1.82) is 0 Å². The van der Waals surface area contributed by atoms with Gasteiger partial charge in [-0.15, -0.1) is 10.2 Å². The minimum Gasteiger partial charge on any atom is -0.310 e. The van der Waals surface area contributed by atoms with Crippen LogP contribution in [0.25, 0.3) is 17.1 Å². The Morgan fingerprint density at radius 2 is 1.84 bits per heavy atom. The highest BCUT2D eigenvalue weighted by atomic mass is 32.2. The topological polar surface area (TPSA) is 116 Å². The van der Waals surface area contributed by atoms with Crippen LogP contribution in [0.15, 0.2) is 78.0 Å². The molecular weight excluding hydrogens is 428 g/mol. The van der Waals surface area contributed by atoms with Crippen LogP contribution in [0.1, 0.15) is 5.69 Å². The molecule has 2 heterocycles. The van der Waals surface area contributed by atoms with Crippen molar-refractivity contribution in [3.8, 4) is 17.1 Å². The number of para-hydroxylation sites is 1. The number of aromatic nitrogens is 4. The van der Waals surface area contributed by atoms with Crippen molar-refractivity contribution in [2.24, 2.45) is 0 Å². The third kappa shape index (κ3) is 4.81. The molecule has 0 saturated heterocycles. The van der Waals surface area contributed by atoms with E-state index in [1.54, 1.807) is 22.8 Å². The van der Waals surface area contributed by atoms with Crippen molar-refractivity contribution in [1.82, 2.24) is 19.7 Å². The molecule has 0 atom stereocenters. The van der Waals surface area contributed by atoms with Gasteiger partial charge < -0.3 is 5.32 Å². The molecule has 160 valence electrons. The SMILES string of the molecule is Cc1cccc(NC(=O)CSc2nnc(-c3cccc([N+](=O)[O-])c3)n2-c2ccccc2)n1. The molecule has 0 fully saturated rings. The molecule has 0 saturated carbocycles. The van der Waals surface area contributed by atoms with Crippen molar-refractivity contribution in [3.05, 3.63) is 88.6 Å². The van der Waals surface area contributed by atoms with Crippen LogP contribution in [0.2, 0.25) is 0 Å². The van der Waals surface area contributed by atoms with Gasteiger partial charge in [0.1, 0.15) is 5.82 Å². The first-order chi connectivity index (χ1) is 15.5. The van der Waals surface area contributed by atoms with Crippen LogP contribution in [-0.4, -0.2) is 36.3 Å². The minimum atomic E-state index is -0.452. The number of anilines is 1. The molecule has 0 unspecified atom stereocenters. The predicted octanol–water partition coefficient (Wildman–Crippen LogP) is 4.28. The quantitative estimate of drug-likeness (QED) is 0.256. The van der Waals surface area contributed by atoms with E-state index in [0.29, 0.717) is 22.4 Å². The first-order valence-corrected chi connectivity index (χ1v) is 10.6. The van der Waals surface area contributed by atoms with Gasteiger partial charge in [-0.05, 0) is 31.2 Å². The van der Waals surface area contributed by atoms with Gasteiger partial charge in [-0.1, -0.05) is 48.2 Å². The number of benzene rings is 2. The fourth-order valence-corrected chi connectivity index (χ4v) is 3.79. The molecule has 1 amide bonds. The number of nitrogens with zero attached hydrogens (tertiary/aromatic N) is 5. The number of carbonyl (C=O) groups excluding carboxylic acids is 1. The number of nitro benzene ring substituents is 1. The number of rotatable bonds is 7. The van der Waals surface area contributed by atoms with E-state index in [9.17, 15) is 14.9 Å². The first-order valence-electron chi connectivity index (χ1n) is 9.63. The Kier molecular flexibility index (Phi) is 6.22. The molecule has 2 aromatic heterocycles. The summed E-state index contributed by atoms with van der Waals surface area (Å²) in [5.74, 6) is 0.795. The van der Waals surface area contributed by atoms with Crippen LogP contribution >= 0.6 is 11.8 Å². The zero-order valence-electron chi connectivity index (χ0n) is 17.0. The lowest BCUT2D eigenvalue weighted by Gasteiger charge is -2.10. The second kappa shape index (κ2) is 9.40. The predicted molar refractivity (Wildman–Crippen MR) is 122 cm³/mol. The number of nitrogens with one attached hydrogen (secondary N) is 1. The summed E-state index contributed by atoms with van der Waals surface area (Å²) in [4.78, 5) is 27.5.